The van der Waals surface area contributed by atoms with Crippen LogP contribution in [0.4, 0.5) is 17.6 Å². The van der Waals surface area contributed by atoms with Gasteiger partial charge in [0, 0.05) is 5.92 Å². The molecule has 6 nitrogen and oxygen atoms in total. The van der Waals surface area contributed by atoms with Crippen LogP contribution in [0.3, 0.4) is 0 Å². The number of sulfonamides is 1. The van der Waals surface area contributed by atoms with Crippen LogP contribution in [-0.2, 0) is 16.2 Å². The Morgan fingerprint density at radius 1 is 1.03 bits per heavy atom. The number of nitrogens with zero attached hydrogens (tertiary/aromatic N) is 2. The van der Waals surface area contributed by atoms with Crippen LogP contribution < -0.4 is 5.14 Å². The van der Waals surface area contributed by atoms with Gasteiger partial charge in [-0.25, -0.2) is 17.9 Å². The zero-order valence-corrected chi connectivity index (χ0v) is 17.1. The summed E-state index contributed by atoms with van der Waals surface area (Å²) in [4.78, 5) is -0.0365. The maximum atomic E-state index is 14.2. The fourth-order valence-corrected chi connectivity index (χ4v) is 4.54. The molecule has 1 fully saturated rings. The Kier molecular flexibility index (Phi) is 4.74. The van der Waals surface area contributed by atoms with E-state index in [0.717, 1.165) is 23.8 Å². The molecule has 0 bridgehead atoms. The number of halogens is 4. The van der Waals surface area contributed by atoms with E-state index in [1.807, 2.05) is 13.8 Å². The van der Waals surface area contributed by atoms with Gasteiger partial charge in [0.15, 0.2) is 0 Å². The van der Waals surface area contributed by atoms with Crippen LogP contribution in [0.5, 0.6) is 0 Å². The summed E-state index contributed by atoms with van der Waals surface area (Å²) in [6, 6.07) is 8.59. The van der Waals surface area contributed by atoms with Crippen molar-refractivity contribution in [3.05, 3.63) is 65.3 Å². The molecule has 0 radical (unpaired) electrons. The van der Waals surface area contributed by atoms with Crippen LogP contribution in [0.1, 0.15) is 42.7 Å². The molecule has 31 heavy (non-hydrogen) atoms. The molecule has 0 spiro atoms. The summed E-state index contributed by atoms with van der Waals surface area (Å²) < 4.78 is 82.5. The number of rotatable bonds is 4. The second-order valence-corrected chi connectivity index (χ2v) is 9.56. The van der Waals surface area contributed by atoms with E-state index in [4.69, 9.17) is 9.56 Å². The molecule has 0 amide bonds. The third-order valence-corrected chi connectivity index (χ3v) is 6.56. The summed E-state index contributed by atoms with van der Waals surface area (Å²) in [7, 11) is -3.84. The molecule has 1 aromatic heterocycles. The highest BCUT2D eigenvalue weighted by molar-refractivity contribution is 7.89. The highest BCUT2D eigenvalue weighted by Gasteiger charge is 2.62. The number of benzene rings is 2. The SMILES string of the molecule is CC1(C)[C@@H](c2ccc(S(N)(=O)=O)cc2)[C@@H]1c1nnc(-c2c(F)cccc2C(F)(F)F)o1. The lowest BCUT2D eigenvalue weighted by atomic mass is 10.0. The van der Waals surface area contributed by atoms with E-state index in [9.17, 15) is 26.0 Å². The van der Waals surface area contributed by atoms with Gasteiger partial charge in [0.1, 0.15) is 5.82 Å². The first kappa shape index (κ1) is 21.4. The van der Waals surface area contributed by atoms with E-state index in [1.165, 1.54) is 12.1 Å². The number of alkyl halides is 3. The molecule has 4 rings (SSSR count). The molecule has 0 aliphatic heterocycles. The molecule has 164 valence electrons. The molecule has 0 saturated heterocycles. The number of hydrogen-bond donors (Lipinski definition) is 1. The van der Waals surface area contributed by atoms with Gasteiger partial charge < -0.3 is 4.42 Å². The lowest BCUT2D eigenvalue weighted by molar-refractivity contribution is -0.137. The summed E-state index contributed by atoms with van der Waals surface area (Å²) in [5, 5.41) is 12.7. The molecule has 0 unspecified atom stereocenters. The minimum atomic E-state index is -4.79. The maximum Gasteiger partial charge on any atom is 0.417 e. The van der Waals surface area contributed by atoms with Gasteiger partial charge in [0.05, 0.1) is 21.9 Å². The molecule has 2 atom stereocenters. The van der Waals surface area contributed by atoms with Gasteiger partial charge in [-0.05, 0) is 35.2 Å². The van der Waals surface area contributed by atoms with Crippen LogP contribution in [0.25, 0.3) is 11.5 Å². The molecule has 11 heteroatoms. The van der Waals surface area contributed by atoms with Crippen LogP contribution >= 0.6 is 0 Å². The van der Waals surface area contributed by atoms with E-state index in [2.05, 4.69) is 10.2 Å². The maximum absolute atomic E-state index is 14.2. The van der Waals surface area contributed by atoms with Gasteiger partial charge in [-0.15, -0.1) is 10.2 Å². The van der Waals surface area contributed by atoms with Crippen molar-refractivity contribution in [2.75, 3.05) is 0 Å². The molecule has 1 aliphatic rings. The van der Waals surface area contributed by atoms with Crippen molar-refractivity contribution in [3.8, 4) is 11.5 Å². The quantitative estimate of drug-likeness (QED) is 0.586. The van der Waals surface area contributed by atoms with Crippen molar-refractivity contribution in [3.63, 3.8) is 0 Å². The van der Waals surface area contributed by atoms with E-state index < -0.39 is 44.4 Å². The second kappa shape index (κ2) is 6.86. The van der Waals surface area contributed by atoms with Gasteiger partial charge in [-0.2, -0.15) is 13.2 Å². The standard InChI is InChI=1S/C20H17F4N3O3S/c1-19(2)15(10-6-8-11(9-7-10)31(25,28)29)16(19)18-27-26-17(30-18)14-12(20(22,23)24)4-3-5-13(14)21/h3-9,15-16H,1-2H3,(H2,25,28,29)/t15-,16+/m0/s1. The lowest BCUT2D eigenvalue weighted by Gasteiger charge is -2.10. The largest absolute Gasteiger partial charge is 0.420 e. The lowest BCUT2D eigenvalue weighted by Crippen LogP contribution is -2.11. The smallest absolute Gasteiger partial charge is 0.417 e. The summed E-state index contributed by atoms with van der Waals surface area (Å²) >= 11 is 0. The third kappa shape index (κ3) is 3.72. The molecule has 2 aromatic carbocycles. The van der Waals surface area contributed by atoms with E-state index in [1.54, 1.807) is 12.1 Å². The predicted molar refractivity (Wildman–Crippen MR) is 102 cm³/mol. The average molecular weight is 455 g/mol. The van der Waals surface area contributed by atoms with Crippen molar-refractivity contribution < 1.29 is 30.4 Å². The summed E-state index contributed by atoms with van der Waals surface area (Å²) in [5.41, 5.74) is -1.60. The third-order valence-electron chi connectivity index (χ3n) is 5.63. The van der Waals surface area contributed by atoms with Crippen LogP contribution in [0.2, 0.25) is 0 Å². The minimum Gasteiger partial charge on any atom is -0.420 e. The van der Waals surface area contributed by atoms with Crippen molar-refractivity contribution in [2.45, 2.75) is 36.8 Å². The molecular formula is C20H17F4N3O3S. The van der Waals surface area contributed by atoms with Crippen molar-refractivity contribution in [1.82, 2.24) is 10.2 Å². The van der Waals surface area contributed by atoms with Gasteiger partial charge in [0.25, 0.3) is 5.89 Å². The normalized spacial score (nSPS) is 20.6. The Bertz CT molecular complexity index is 1250. The number of nitrogens with two attached hydrogens (primary N) is 1. The first-order valence-electron chi connectivity index (χ1n) is 9.14. The Morgan fingerprint density at radius 3 is 2.26 bits per heavy atom. The summed E-state index contributed by atoms with van der Waals surface area (Å²) in [5.74, 6) is -2.08. The Hall–Kier alpha value is -2.79. The molecule has 1 saturated carbocycles. The molecule has 3 aromatic rings. The number of primary sulfonamides is 1. The minimum absolute atomic E-state index is 0.0365. The first-order valence-corrected chi connectivity index (χ1v) is 10.7. The summed E-state index contributed by atoms with van der Waals surface area (Å²) in [6.07, 6.45) is -4.79. The number of hydrogen-bond acceptors (Lipinski definition) is 5. The van der Waals surface area contributed by atoms with Crippen LogP contribution in [-0.4, -0.2) is 18.6 Å². The number of aromatic nitrogens is 2. The van der Waals surface area contributed by atoms with Gasteiger partial charge in [0.2, 0.25) is 15.9 Å². The molecule has 1 heterocycles. The highest BCUT2D eigenvalue weighted by Crippen LogP contribution is 2.69. The monoisotopic (exact) mass is 455 g/mol. The van der Waals surface area contributed by atoms with E-state index >= 15 is 0 Å². The topological polar surface area (TPSA) is 99.1 Å². The van der Waals surface area contributed by atoms with Gasteiger partial charge in [-0.1, -0.05) is 32.0 Å². The van der Waals surface area contributed by atoms with Gasteiger partial charge >= 0.3 is 6.18 Å². The van der Waals surface area contributed by atoms with Crippen LogP contribution in [0.15, 0.2) is 51.8 Å². The van der Waals surface area contributed by atoms with Crippen molar-refractivity contribution >= 4 is 10.0 Å². The molecule has 2 N–H and O–H groups in total. The highest BCUT2D eigenvalue weighted by atomic mass is 32.2. The molecular weight excluding hydrogens is 438 g/mol. The fourth-order valence-electron chi connectivity index (χ4n) is 4.02. The Balaban J connectivity index is 1.68. The van der Waals surface area contributed by atoms with Crippen LogP contribution in [0, 0.1) is 11.2 Å². The van der Waals surface area contributed by atoms with E-state index in [0.29, 0.717) is 0 Å². The first-order chi connectivity index (χ1) is 14.3. The average Bonchev–Trinajstić information content (AvgIpc) is 2.99. The Morgan fingerprint density at radius 2 is 1.68 bits per heavy atom. The Labute approximate surface area is 175 Å². The zero-order chi connectivity index (χ0) is 22.8. The fraction of sp³-hybridized carbons (Fsp3) is 0.300. The molecule has 1 aliphatic carbocycles. The van der Waals surface area contributed by atoms with Crippen molar-refractivity contribution in [2.24, 2.45) is 10.6 Å². The van der Waals surface area contributed by atoms with E-state index in [-0.39, 0.29) is 22.6 Å². The van der Waals surface area contributed by atoms with Crippen molar-refractivity contribution in [1.29, 1.82) is 0 Å². The predicted octanol–water partition coefficient (Wildman–Crippen LogP) is 4.45. The second-order valence-electron chi connectivity index (χ2n) is 8.00. The summed E-state index contributed by atoms with van der Waals surface area (Å²) in [6.45, 7) is 3.81. The zero-order valence-electron chi connectivity index (χ0n) is 16.3. The van der Waals surface area contributed by atoms with Gasteiger partial charge in [-0.3, -0.25) is 0 Å².